The van der Waals surface area contributed by atoms with Crippen LogP contribution in [0.5, 0.6) is 0 Å². The lowest BCUT2D eigenvalue weighted by Crippen LogP contribution is -2.28. The minimum absolute atomic E-state index is 0.0670. The predicted octanol–water partition coefficient (Wildman–Crippen LogP) is 12.3. The fraction of sp³-hybridized carbons (Fsp3) is 0.854. The molecule has 0 saturated heterocycles. The van der Waals surface area contributed by atoms with Gasteiger partial charge in [-0.2, -0.15) is 0 Å². The average molecular weight is 649 g/mol. The molecular formula is C41H76O5. The Morgan fingerprint density at radius 3 is 1.20 bits per heavy atom. The molecule has 5 heteroatoms. The van der Waals surface area contributed by atoms with Crippen LogP contribution in [0.2, 0.25) is 0 Å². The highest BCUT2D eigenvalue weighted by molar-refractivity contribution is 5.70. The van der Waals surface area contributed by atoms with Gasteiger partial charge in [-0.05, 0) is 64.2 Å². The van der Waals surface area contributed by atoms with E-state index in [0.717, 1.165) is 38.5 Å². The van der Waals surface area contributed by atoms with Crippen LogP contribution in [0, 0.1) is 0 Å². The van der Waals surface area contributed by atoms with E-state index in [0.29, 0.717) is 12.8 Å². The van der Waals surface area contributed by atoms with Gasteiger partial charge in [-0.3, -0.25) is 9.59 Å². The summed E-state index contributed by atoms with van der Waals surface area (Å²) < 4.78 is 10.6. The second kappa shape index (κ2) is 37.8. The molecule has 0 fully saturated rings. The Bertz CT molecular complexity index is 701. The number of hydrogen-bond donors (Lipinski definition) is 1. The second-order valence-electron chi connectivity index (χ2n) is 13.4. The molecule has 1 atom stereocenters. The van der Waals surface area contributed by atoms with Gasteiger partial charge >= 0.3 is 11.9 Å². The van der Waals surface area contributed by atoms with Gasteiger partial charge in [0.1, 0.15) is 6.61 Å². The molecule has 5 nitrogen and oxygen atoms in total. The molecule has 1 N–H and O–H groups in total. The number of ether oxygens (including phenoxy) is 2. The first-order valence-electron chi connectivity index (χ1n) is 19.9. The van der Waals surface area contributed by atoms with Crippen molar-refractivity contribution in [3.05, 3.63) is 24.3 Å². The highest BCUT2D eigenvalue weighted by Crippen LogP contribution is 2.13. The number of hydrogen-bond acceptors (Lipinski definition) is 5. The number of carbonyl (C=O) groups is 2. The van der Waals surface area contributed by atoms with E-state index in [1.807, 2.05) is 0 Å². The van der Waals surface area contributed by atoms with Crippen LogP contribution in [-0.4, -0.2) is 36.4 Å². The van der Waals surface area contributed by atoms with Gasteiger partial charge in [-0.25, -0.2) is 0 Å². The first-order valence-corrected chi connectivity index (χ1v) is 19.9. The first-order chi connectivity index (χ1) is 22.6. The third-order valence-corrected chi connectivity index (χ3v) is 8.72. The summed E-state index contributed by atoms with van der Waals surface area (Å²) in [6.45, 7) is 4.12. The van der Waals surface area contributed by atoms with Gasteiger partial charge in [0, 0.05) is 12.8 Å². The lowest BCUT2D eigenvalue weighted by molar-refractivity contribution is -0.161. The van der Waals surface area contributed by atoms with Gasteiger partial charge in [-0.15, -0.1) is 0 Å². The van der Waals surface area contributed by atoms with E-state index in [2.05, 4.69) is 38.2 Å². The van der Waals surface area contributed by atoms with Crippen LogP contribution in [0.4, 0.5) is 0 Å². The molecule has 0 aromatic rings. The van der Waals surface area contributed by atoms with Crippen LogP contribution >= 0.6 is 0 Å². The molecule has 0 bridgehead atoms. The van der Waals surface area contributed by atoms with Crippen LogP contribution < -0.4 is 0 Å². The summed E-state index contributed by atoms with van der Waals surface area (Å²) in [4.78, 5) is 24.2. The summed E-state index contributed by atoms with van der Waals surface area (Å²) in [6.07, 6.45) is 43.8. The molecule has 46 heavy (non-hydrogen) atoms. The van der Waals surface area contributed by atoms with Crippen LogP contribution in [-0.2, 0) is 19.1 Å². The van der Waals surface area contributed by atoms with E-state index in [-0.39, 0.29) is 25.2 Å². The zero-order valence-electron chi connectivity index (χ0n) is 30.6. The van der Waals surface area contributed by atoms with Crippen molar-refractivity contribution in [3.63, 3.8) is 0 Å². The van der Waals surface area contributed by atoms with Crippen molar-refractivity contribution >= 4 is 11.9 Å². The molecule has 0 aliphatic carbocycles. The Morgan fingerprint density at radius 1 is 0.478 bits per heavy atom. The van der Waals surface area contributed by atoms with Crippen molar-refractivity contribution in [2.45, 2.75) is 213 Å². The monoisotopic (exact) mass is 649 g/mol. The maximum absolute atomic E-state index is 12.2. The molecule has 0 aliphatic rings. The Hall–Kier alpha value is -1.62. The summed E-state index contributed by atoms with van der Waals surface area (Å²) >= 11 is 0. The van der Waals surface area contributed by atoms with Gasteiger partial charge in [0.15, 0.2) is 6.10 Å². The lowest BCUT2D eigenvalue weighted by Gasteiger charge is -2.15. The zero-order chi connectivity index (χ0) is 33.6. The molecule has 0 aromatic carbocycles. The molecule has 0 rings (SSSR count). The summed E-state index contributed by atoms with van der Waals surface area (Å²) in [5.74, 6) is -0.596. The Balaban J connectivity index is 3.55. The van der Waals surface area contributed by atoms with Crippen molar-refractivity contribution < 1.29 is 24.2 Å². The quantitative estimate of drug-likeness (QED) is 0.0416. The molecular weight excluding hydrogens is 572 g/mol. The lowest BCUT2D eigenvalue weighted by atomic mass is 10.1. The fourth-order valence-electron chi connectivity index (χ4n) is 5.66. The molecule has 0 aromatic heterocycles. The standard InChI is InChI=1S/C41H76O5/c1-3-5-7-9-11-13-15-17-19-20-22-24-26-28-30-32-34-36-41(44)46-39(37-42)38-45-40(43)35-33-31-29-27-25-23-21-18-16-14-12-10-8-6-4-2/h14,16-17,19,39,42H,3-13,15,18,20-38H2,1-2H3. The van der Waals surface area contributed by atoms with E-state index in [4.69, 9.17) is 9.47 Å². The number of esters is 2. The number of unbranched alkanes of at least 4 members (excludes halogenated alkanes) is 24. The van der Waals surface area contributed by atoms with Gasteiger partial charge in [0.2, 0.25) is 0 Å². The van der Waals surface area contributed by atoms with Crippen LogP contribution in [0.3, 0.4) is 0 Å². The number of carbonyl (C=O) groups excluding carboxylic acids is 2. The minimum Gasteiger partial charge on any atom is -0.462 e. The van der Waals surface area contributed by atoms with E-state index < -0.39 is 6.10 Å². The van der Waals surface area contributed by atoms with E-state index >= 15 is 0 Å². The first kappa shape index (κ1) is 44.4. The fourth-order valence-corrected chi connectivity index (χ4v) is 5.66. The largest absolute Gasteiger partial charge is 0.462 e. The molecule has 0 aliphatic heterocycles. The van der Waals surface area contributed by atoms with E-state index in [9.17, 15) is 14.7 Å². The molecule has 1 unspecified atom stereocenters. The second-order valence-corrected chi connectivity index (χ2v) is 13.4. The van der Waals surface area contributed by atoms with Crippen molar-refractivity contribution in [1.29, 1.82) is 0 Å². The SMILES string of the molecule is CCCCCCC=CCCCCCCCCCC(=O)OCC(CO)OC(=O)CCCCCCCCCC=CCCCCCCCC. The molecule has 0 heterocycles. The van der Waals surface area contributed by atoms with Crippen LogP contribution in [0.15, 0.2) is 24.3 Å². The molecule has 270 valence electrons. The summed E-state index contributed by atoms with van der Waals surface area (Å²) in [5.41, 5.74) is 0. The van der Waals surface area contributed by atoms with Crippen molar-refractivity contribution in [2.24, 2.45) is 0 Å². The maximum atomic E-state index is 12.2. The average Bonchev–Trinajstić information content (AvgIpc) is 3.06. The third-order valence-electron chi connectivity index (χ3n) is 8.72. The predicted molar refractivity (Wildman–Crippen MR) is 196 cm³/mol. The van der Waals surface area contributed by atoms with Crippen molar-refractivity contribution in [3.8, 4) is 0 Å². The van der Waals surface area contributed by atoms with Crippen molar-refractivity contribution in [2.75, 3.05) is 13.2 Å². The van der Waals surface area contributed by atoms with E-state index in [1.165, 1.54) is 141 Å². The number of allylic oxidation sites excluding steroid dienone is 4. The summed E-state index contributed by atoms with van der Waals surface area (Å²) in [5, 5.41) is 9.55. The van der Waals surface area contributed by atoms with Gasteiger partial charge in [-0.1, -0.05) is 154 Å². The molecule has 0 spiro atoms. The van der Waals surface area contributed by atoms with Crippen molar-refractivity contribution in [1.82, 2.24) is 0 Å². The summed E-state index contributed by atoms with van der Waals surface area (Å²) in [7, 11) is 0. The smallest absolute Gasteiger partial charge is 0.306 e. The van der Waals surface area contributed by atoms with Gasteiger partial charge in [0.25, 0.3) is 0 Å². The van der Waals surface area contributed by atoms with Crippen LogP contribution in [0.25, 0.3) is 0 Å². The summed E-state index contributed by atoms with van der Waals surface area (Å²) in [6, 6.07) is 0. The zero-order valence-corrected chi connectivity index (χ0v) is 30.6. The third kappa shape index (κ3) is 35.2. The number of aliphatic hydroxyl groups is 1. The molecule has 0 saturated carbocycles. The Labute approximate surface area is 285 Å². The molecule has 0 radical (unpaired) electrons. The number of aliphatic hydroxyl groups excluding tert-OH is 1. The van der Waals surface area contributed by atoms with Gasteiger partial charge in [0.05, 0.1) is 6.61 Å². The highest BCUT2D eigenvalue weighted by atomic mass is 16.6. The number of rotatable bonds is 36. The Kier molecular flexibility index (Phi) is 36.5. The van der Waals surface area contributed by atoms with Crippen LogP contribution in [0.1, 0.15) is 206 Å². The van der Waals surface area contributed by atoms with E-state index in [1.54, 1.807) is 0 Å². The maximum Gasteiger partial charge on any atom is 0.306 e. The van der Waals surface area contributed by atoms with Gasteiger partial charge < -0.3 is 14.6 Å². The highest BCUT2D eigenvalue weighted by Gasteiger charge is 2.16. The topological polar surface area (TPSA) is 72.8 Å². The molecule has 0 amide bonds. The normalized spacial score (nSPS) is 12.3. The minimum atomic E-state index is -0.771. The Morgan fingerprint density at radius 2 is 0.804 bits per heavy atom.